The number of hydrogen-bond donors (Lipinski definition) is 1. The van der Waals surface area contributed by atoms with Gasteiger partial charge in [-0.3, -0.25) is 4.98 Å². The summed E-state index contributed by atoms with van der Waals surface area (Å²) in [6.45, 7) is 0.515. The van der Waals surface area contributed by atoms with Crippen LogP contribution in [0.15, 0.2) is 53.3 Å². The van der Waals surface area contributed by atoms with E-state index in [1.54, 1.807) is 19.5 Å². The van der Waals surface area contributed by atoms with Crippen LogP contribution >= 0.6 is 27.5 Å². The molecule has 0 radical (unpaired) electrons. The normalized spacial score (nSPS) is 12.3. The molecule has 0 bridgehead atoms. The van der Waals surface area contributed by atoms with Crippen molar-refractivity contribution in [3.63, 3.8) is 0 Å². The zero-order valence-corrected chi connectivity index (χ0v) is 14.8. The minimum Gasteiger partial charge on any atom is -0.382 e. The number of benzene rings is 1. The van der Waals surface area contributed by atoms with E-state index in [0.717, 1.165) is 26.8 Å². The molecule has 1 unspecified atom stereocenters. The van der Waals surface area contributed by atoms with Crippen LogP contribution in [0.25, 0.3) is 10.9 Å². The van der Waals surface area contributed by atoms with E-state index < -0.39 is 0 Å². The maximum atomic E-state index is 5.97. The molecule has 0 fully saturated rings. The number of nitrogens with one attached hydrogen (secondary N) is 1. The molecule has 4 nitrogen and oxygen atoms in total. The smallest absolute Gasteiger partial charge is 0.136 e. The number of halogens is 2. The van der Waals surface area contributed by atoms with E-state index in [-0.39, 0.29) is 6.04 Å². The number of pyridine rings is 2. The van der Waals surface area contributed by atoms with Crippen molar-refractivity contribution in [3.05, 3.63) is 63.9 Å². The summed E-state index contributed by atoms with van der Waals surface area (Å²) in [7, 11) is 1.68. The van der Waals surface area contributed by atoms with E-state index >= 15 is 0 Å². The van der Waals surface area contributed by atoms with Crippen LogP contribution in [0, 0.1) is 0 Å². The van der Waals surface area contributed by atoms with Gasteiger partial charge in [-0.25, -0.2) is 4.98 Å². The fourth-order valence-electron chi connectivity index (χ4n) is 2.40. The number of ether oxygens (including phenoxy) is 1. The third-order valence-electron chi connectivity index (χ3n) is 3.51. The minimum absolute atomic E-state index is 0.0330. The van der Waals surface area contributed by atoms with Crippen molar-refractivity contribution in [1.82, 2.24) is 9.97 Å². The second-order valence-electron chi connectivity index (χ2n) is 5.06. The first-order valence-corrected chi connectivity index (χ1v) is 8.26. The molecule has 0 aliphatic rings. The van der Waals surface area contributed by atoms with Crippen LogP contribution in [0.4, 0.5) is 5.82 Å². The van der Waals surface area contributed by atoms with Gasteiger partial charge in [0.15, 0.2) is 0 Å². The molecular formula is C17H15BrClN3O. The maximum absolute atomic E-state index is 5.97. The molecule has 0 amide bonds. The molecule has 0 spiro atoms. The van der Waals surface area contributed by atoms with Crippen LogP contribution in [0.2, 0.25) is 5.02 Å². The van der Waals surface area contributed by atoms with E-state index in [4.69, 9.17) is 16.3 Å². The fourth-order valence-corrected chi connectivity index (χ4v) is 2.95. The Kier molecular flexibility index (Phi) is 5.10. The lowest BCUT2D eigenvalue weighted by Gasteiger charge is -2.20. The summed E-state index contributed by atoms with van der Waals surface area (Å²) in [6.07, 6.45) is 3.52. The summed E-state index contributed by atoms with van der Waals surface area (Å²) in [4.78, 5) is 8.90. The molecule has 1 atom stereocenters. The molecular weight excluding hydrogens is 378 g/mol. The van der Waals surface area contributed by atoms with Gasteiger partial charge in [-0.15, -0.1) is 0 Å². The summed E-state index contributed by atoms with van der Waals surface area (Å²) in [5, 5.41) is 5.11. The first-order valence-electron chi connectivity index (χ1n) is 7.09. The molecule has 23 heavy (non-hydrogen) atoms. The van der Waals surface area contributed by atoms with Crippen molar-refractivity contribution in [3.8, 4) is 0 Å². The predicted molar refractivity (Wildman–Crippen MR) is 96.9 cm³/mol. The molecule has 0 aliphatic carbocycles. The minimum atomic E-state index is -0.0330. The van der Waals surface area contributed by atoms with E-state index in [9.17, 15) is 0 Å². The zero-order valence-electron chi connectivity index (χ0n) is 12.5. The van der Waals surface area contributed by atoms with Gasteiger partial charge in [0.1, 0.15) is 5.82 Å². The number of anilines is 1. The van der Waals surface area contributed by atoms with Crippen molar-refractivity contribution in [1.29, 1.82) is 0 Å². The van der Waals surface area contributed by atoms with Crippen LogP contribution in [0.5, 0.6) is 0 Å². The highest BCUT2D eigenvalue weighted by Gasteiger charge is 2.14. The van der Waals surface area contributed by atoms with Crippen molar-refractivity contribution < 1.29 is 4.74 Å². The summed E-state index contributed by atoms with van der Waals surface area (Å²) in [5.74, 6) is 0.772. The highest BCUT2D eigenvalue weighted by atomic mass is 79.9. The molecule has 0 aliphatic heterocycles. The molecule has 6 heteroatoms. The number of methoxy groups -OCH3 is 1. The standard InChI is InChI=1S/C17H15BrClN3O/c1-23-10-15(11-4-6-12(19)7-5-11)22-17-13-3-2-8-20-16(13)14(18)9-21-17/h2-9,15H,10H2,1H3,(H,21,22). The van der Waals surface area contributed by atoms with Gasteiger partial charge in [-0.1, -0.05) is 23.7 Å². The molecule has 3 aromatic rings. The van der Waals surface area contributed by atoms with Crippen LogP contribution in [-0.2, 0) is 4.74 Å². The van der Waals surface area contributed by atoms with Gasteiger partial charge < -0.3 is 10.1 Å². The van der Waals surface area contributed by atoms with Crippen molar-refractivity contribution in [2.24, 2.45) is 0 Å². The molecule has 118 valence electrons. The Morgan fingerprint density at radius 3 is 2.74 bits per heavy atom. The molecule has 1 aromatic carbocycles. The van der Waals surface area contributed by atoms with Gasteiger partial charge in [0.05, 0.1) is 22.6 Å². The quantitative estimate of drug-likeness (QED) is 0.674. The average molecular weight is 393 g/mol. The number of rotatable bonds is 5. The van der Waals surface area contributed by atoms with Crippen molar-refractivity contribution in [2.45, 2.75) is 6.04 Å². The first-order chi connectivity index (χ1) is 11.2. The summed E-state index contributed by atoms with van der Waals surface area (Å²) < 4.78 is 6.22. The summed E-state index contributed by atoms with van der Waals surface area (Å²) in [6, 6.07) is 11.6. The number of aromatic nitrogens is 2. The zero-order chi connectivity index (χ0) is 16.2. The third-order valence-corrected chi connectivity index (χ3v) is 4.35. The average Bonchev–Trinajstić information content (AvgIpc) is 2.58. The highest BCUT2D eigenvalue weighted by Crippen LogP contribution is 2.29. The van der Waals surface area contributed by atoms with Gasteiger partial charge >= 0.3 is 0 Å². The Bertz CT molecular complexity index is 811. The third kappa shape index (κ3) is 3.63. The Morgan fingerprint density at radius 1 is 1.22 bits per heavy atom. The van der Waals surface area contributed by atoms with Crippen LogP contribution in [0.3, 0.4) is 0 Å². The largest absolute Gasteiger partial charge is 0.382 e. The molecule has 2 heterocycles. The van der Waals surface area contributed by atoms with Gasteiger partial charge in [-0.05, 0) is 45.8 Å². The lowest BCUT2D eigenvalue weighted by molar-refractivity contribution is 0.186. The number of nitrogens with zero attached hydrogens (tertiary/aromatic N) is 2. The SMILES string of the molecule is COCC(Nc1ncc(Br)c2ncccc12)c1ccc(Cl)cc1. The topological polar surface area (TPSA) is 47.0 Å². The lowest BCUT2D eigenvalue weighted by Crippen LogP contribution is -2.17. The van der Waals surface area contributed by atoms with Gasteiger partial charge in [0, 0.05) is 29.9 Å². The highest BCUT2D eigenvalue weighted by molar-refractivity contribution is 9.10. The number of hydrogen-bond acceptors (Lipinski definition) is 4. The van der Waals surface area contributed by atoms with E-state index in [2.05, 4.69) is 31.2 Å². The van der Waals surface area contributed by atoms with Gasteiger partial charge in [0.25, 0.3) is 0 Å². The monoisotopic (exact) mass is 391 g/mol. The number of fused-ring (bicyclic) bond motifs is 1. The van der Waals surface area contributed by atoms with E-state index in [0.29, 0.717) is 11.6 Å². The van der Waals surface area contributed by atoms with E-state index in [1.807, 2.05) is 36.4 Å². The Labute approximate surface area is 148 Å². The van der Waals surface area contributed by atoms with Gasteiger partial charge in [-0.2, -0.15) is 0 Å². The van der Waals surface area contributed by atoms with Crippen molar-refractivity contribution in [2.75, 3.05) is 19.0 Å². The first kappa shape index (κ1) is 16.2. The Hall–Kier alpha value is -1.69. The molecule has 1 N–H and O–H groups in total. The van der Waals surface area contributed by atoms with Crippen LogP contribution in [0.1, 0.15) is 11.6 Å². The second kappa shape index (κ2) is 7.25. The molecule has 0 saturated heterocycles. The van der Waals surface area contributed by atoms with Crippen LogP contribution in [-0.4, -0.2) is 23.7 Å². The molecule has 2 aromatic heterocycles. The van der Waals surface area contributed by atoms with E-state index in [1.165, 1.54) is 0 Å². The summed E-state index contributed by atoms with van der Waals surface area (Å²) >= 11 is 9.46. The predicted octanol–water partition coefficient (Wildman–Crippen LogP) is 4.85. The van der Waals surface area contributed by atoms with Crippen LogP contribution < -0.4 is 5.32 Å². The second-order valence-corrected chi connectivity index (χ2v) is 6.35. The Morgan fingerprint density at radius 2 is 2.00 bits per heavy atom. The Balaban J connectivity index is 1.97. The molecule has 0 saturated carbocycles. The van der Waals surface area contributed by atoms with Crippen molar-refractivity contribution >= 4 is 44.3 Å². The lowest BCUT2D eigenvalue weighted by atomic mass is 10.1. The fraction of sp³-hybridized carbons (Fsp3) is 0.176. The molecule has 3 rings (SSSR count). The van der Waals surface area contributed by atoms with Gasteiger partial charge in [0.2, 0.25) is 0 Å². The summed E-state index contributed by atoms with van der Waals surface area (Å²) in [5.41, 5.74) is 1.95. The maximum Gasteiger partial charge on any atom is 0.136 e.